The first-order valence-electron chi connectivity index (χ1n) is 6.17. The molecule has 0 aliphatic carbocycles. The van der Waals surface area contributed by atoms with Gasteiger partial charge >= 0.3 is 0 Å². The van der Waals surface area contributed by atoms with Crippen molar-refractivity contribution in [3.63, 3.8) is 0 Å². The van der Waals surface area contributed by atoms with Crippen molar-refractivity contribution >= 4 is 21.6 Å². The van der Waals surface area contributed by atoms with Gasteiger partial charge in [0.2, 0.25) is 0 Å². The average Bonchev–Trinajstić information content (AvgIpc) is 2.62. The Morgan fingerprint density at radius 3 is 2.18 bits per heavy atom. The van der Waals surface area contributed by atoms with Crippen LogP contribution in [0.3, 0.4) is 0 Å². The van der Waals surface area contributed by atoms with Gasteiger partial charge in [-0.05, 0) is 20.8 Å². The van der Waals surface area contributed by atoms with E-state index in [2.05, 4.69) is 18.8 Å². The molecule has 0 radical (unpaired) electrons. The summed E-state index contributed by atoms with van der Waals surface area (Å²) in [4.78, 5) is 4.34. The van der Waals surface area contributed by atoms with E-state index in [9.17, 15) is 0 Å². The van der Waals surface area contributed by atoms with E-state index in [-0.39, 0.29) is 6.29 Å². The Morgan fingerprint density at radius 1 is 1.24 bits per heavy atom. The molecular weight excluding hydrogens is 236 g/mol. The van der Waals surface area contributed by atoms with Crippen LogP contribution in [0.5, 0.6) is 0 Å². The molecule has 0 saturated heterocycles. The third kappa shape index (κ3) is 3.79. The predicted molar refractivity (Wildman–Crippen MR) is 76.2 cm³/mol. The van der Waals surface area contributed by atoms with E-state index in [0.717, 1.165) is 11.6 Å². The van der Waals surface area contributed by atoms with Crippen LogP contribution in [0.4, 0.5) is 0 Å². The standard InChI is InChI=1S/C12H24N2O2S/c1-6-15-12(16-7-2)8-17(10(3)4)9-13-11(5)14-17/h9-10,12H,6-8H2,1-5H3. The molecule has 5 heteroatoms. The minimum Gasteiger partial charge on any atom is -0.352 e. The first kappa shape index (κ1) is 14.7. The van der Waals surface area contributed by atoms with Crippen LogP contribution in [0.25, 0.3) is 0 Å². The molecule has 100 valence electrons. The van der Waals surface area contributed by atoms with Crippen molar-refractivity contribution in [2.75, 3.05) is 19.0 Å². The highest BCUT2D eigenvalue weighted by Crippen LogP contribution is 2.54. The lowest BCUT2D eigenvalue weighted by Crippen LogP contribution is -2.28. The fourth-order valence-corrected chi connectivity index (χ4v) is 4.24. The molecule has 0 aromatic rings. The van der Waals surface area contributed by atoms with Crippen LogP contribution in [0.1, 0.15) is 34.6 Å². The van der Waals surface area contributed by atoms with Crippen molar-refractivity contribution in [2.45, 2.75) is 46.2 Å². The van der Waals surface area contributed by atoms with Crippen LogP contribution in [-0.4, -0.2) is 41.9 Å². The summed E-state index contributed by atoms with van der Waals surface area (Å²) < 4.78 is 16.0. The van der Waals surface area contributed by atoms with Gasteiger partial charge in [-0.25, -0.2) is 9.39 Å². The summed E-state index contributed by atoms with van der Waals surface area (Å²) in [6.07, 6.45) is -0.163. The molecule has 0 saturated carbocycles. The molecule has 1 heterocycles. The Bertz CT molecular complexity index is 299. The van der Waals surface area contributed by atoms with Crippen molar-refractivity contribution in [1.82, 2.24) is 0 Å². The Balaban J connectivity index is 2.76. The zero-order chi connectivity index (χ0) is 12.9. The molecule has 1 atom stereocenters. The summed E-state index contributed by atoms with van der Waals surface area (Å²) in [5, 5.41) is 0.465. The lowest BCUT2D eigenvalue weighted by Gasteiger charge is -2.35. The SMILES string of the molecule is CCOC(CS1(C(C)C)C=NC(C)=N1)OCC. The highest BCUT2D eigenvalue weighted by atomic mass is 32.3. The predicted octanol–water partition coefficient (Wildman–Crippen LogP) is 2.97. The third-order valence-electron chi connectivity index (χ3n) is 2.65. The van der Waals surface area contributed by atoms with Crippen LogP contribution >= 0.6 is 10.2 Å². The van der Waals surface area contributed by atoms with Gasteiger partial charge in [-0.2, -0.15) is 0 Å². The zero-order valence-electron chi connectivity index (χ0n) is 11.5. The molecule has 1 aliphatic rings. The summed E-state index contributed by atoms with van der Waals surface area (Å²) in [5.41, 5.74) is 2.03. The van der Waals surface area contributed by atoms with E-state index in [1.54, 1.807) is 0 Å². The molecule has 1 rings (SSSR count). The molecule has 0 fully saturated rings. The second kappa shape index (κ2) is 6.52. The minimum atomic E-state index is -1.22. The Kier molecular flexibility index (Phi) is 5.62. The van der Waals surface area contributed by atoms with E-state index in [4.69, 9.17) is 13.9 Å². The van der Waals surface area contributed by atoms with E-state index in [1.807, 2.05) is 26.3 Å². The van der Waals surface area contributed by atoms with Crippen LogP contribution < -0.4 is 0 Å². The van der Waals surface area contributed by atoms with Gasteiger partial charge in [0.25, 0.3) is 0 Å². The summed E-state index contributed by atoms with van der Waals surface area (Å²) in [6.45, 7) is 11.6. The van der Waals surface area contributed by atoms with E-state index in [1.165, 1.54) is 0 Å². The fraction of sp³-hybridized carbons (Fsp3) is 0.833. The van der Waals surface area contributed by atoms with E-state index >= 15 is 0 Å². The molecule has 0 aromatic carbocycles. The summed E-state index contributed by atoms with van der Waals surface area (Å²) in [6, 6.07) is 0. The van der Waals surface area contributed by atoms with Crippen molar-refractivity contribution in [2.24, 2.45) is 9.39 Å². The average molecular weight is 260 g/mol. The molecular formula is C12H24N2O2S. The van der Waals surface area contributed by atoms with Crippen molar-refractivity contribution in [3.8, 4) is 0 Å². The molecule has 0 bridgehead atoms. The highest BCUT2D eigenvalue weighted by molar-refractivity contribution is 8.43. The van der Waals surface area contributed by atoms with E-state index < -0.39 is 10.2 Å². The van der Waals surface area contributed by atoms with Gasteiger partial charge in [0.15, 0.2) is 6.29 Å². The van der Waals surface area contributed by atoms with Gasteiger partial charge in [0, 0.05) is 18.5 Å². The summed E-state index contributed by atoms with van der Waals surface area (Å²) in [7, 11) is -1.22. The minimum absolute atomic E-state index is 0.163. The Morgan fingerprint density at radius 2 is 1.82 bits per heavy atom. The number of nitrogens with zero attached hydrogens (tertiary/aromatic N) is 2. The monoisotopic (exact) mass is 260 g/mol. The number of hydrogen-bond donors (Lipinski definition) is 0. The third-order valence-corrected chi connectivity index (χ3v) is 6.16. The fourth-order valence-electron chi connectivity index (χ4n) is 1.69. The molecule has 1 unspecified atom stereocenters. The number of aliphatic imine (C=N–C) groups is 1. The van der Waals surface area contributed by atoms with Gasteiger partial charge in [-0.1, -0.05) is 24.1 Å². The number of rotatable bonds is 7. The second-order valence-electron chi connectivity index (χ2n) is 4.24. The molecule has 1 aliphatic heterocycles. The number of ether oxygens (including phenoxy) is 2. The highest BCUT2D eigenvalue weighted by Gasteiger charge is 2.32. The molecule has 0 spiro atoms. The van der Waals surface area contributed by atoms with Crippen LogP contribution in [-0.2, 0) is 9.47 Å². The van der Waals surface area contributed by atoms with Crippen molar-refractivity contribution in [1.29, 1.82) is 0 Å². The smallest absolute Gasteiger partial charge is 0.167 e. The molecule has 4 nitrogen and oxygen atoms in total. The topological polar surface area (TPSA) is 43.2 Å². The maximum absolute atomic E-state index is 5.62. The molecule has 0 aromatic heterocycles. The van der Waals surface area contributed by atoms with Crippen LogP contribution in [0.2, 0.25) is 0 Å². The zero-order valence-corrected chi connectivity index (χ0v) is 12.3. The molecule has 17 heavy (non-hydrogen) atoms. The first-order valence-corrected chi connectivity index (χ1v) is 8.06. The lowest BCUT2D eigenvalue weighted by molar-refractivity contribution is -0.120. The number of amidine groups is 1. The second-order valence-corrected chi connectivity index (χ2v) is 7.53. The molecule has 0 amide bonds. The Hall–Kier alpha value is -0.390. The van der Waals surface area contributed by atoms with Gasteiger partial charge in [-0.3, -0.25) is 0 Å². The summed E-state index contributed by atoms with van der Waals surface area (Å²) >= 11 is 0. The van der Waals surface area contributed by atoms with Gasteiger partial charge in [0.1, 0.15) is 5.84 Å². The quantitative estimate of drug-likeness (QED) is 0.660. The van der Waals surface area contributed by atoms with Crippen LogP contribution in [0, 0.1) is 0 Å². The number of hydrogen-bond acceptors (Lipinski definition) is 4. The normalized spacial score (nSPS) is 27.6. The Labute approximate surface area is 106 Å². The van der Waals surface area contributed by atoms with Gasteiger partial charge in [0.05, 0.1) is 11.3 Å². The first-order chi connectivity index (χ1) is 8.04. The van der Waals surface area contributed by atoms with Crippen molar-refractivity contribution < 1.29 is 9.47 Å². The van der Waals surface area contributed by atoms with Crippen LogP contribution in [0.15, 0.2) is 9.39 Å². The molecule has 0 N–H and O–H groups in total. The van der Waals surface area contributed by atoms with Crippen molar-refractivity contribution in [3.05, 3.63) is 0 Å². The van der Waals surface area contributed by atoms with Gasteiger partial charge < -0.3 is 9.47 Å². The maximum Gasteiger partial charge on any atom is 0.167 e. The largest absolute Gasteiger partial charge is 0.352 e. The van der Waals surface area contributed by atoms with Gasteiger partial charge in [-0.15, -0.1) is 0 Å². The van der Waals surface area contributed by atoms with E-state index in [0.29, 0.717) is 18.5 Å². The maximum atomic E-state index is 5.62. The lowest BCUT2D eigenvalue weighted by atomic mass is 10.6. The summed E-state index contributed by atoms with van der Waals surface area (Å²) in [5.74, 6) is 1.69.